The second kappa shape index (κ2) is 9.93. The van der Waals surface area contributed by atoms with Crippen molar-refractivity contribution < 1.29 is 23.8 Å². The number of ether oxygens (including phenoxy) is 3. The van der Waals surface area contributed by atoms with E-state index in [1.165, 1.54) is 18.4 Å². The SMILES string of the molecule is COC(=O)c1cscc1NC(=O)CCc1ccc(-c2ccccc2OC)c(OC)c1. The average Bonchev–Trinajstić information content (AvgIpc) is 3.24. The maximum atomic E-state index is 12.4. The highest BCUT2D eigenvalue weighted by Crippen LogP contribution is 2.36. The molecule has 0 radical (unpaired) electrons. The number of methoxy groups -OCH3 is 3. The van der Waals surface area contributed by atoms with Crippen LogP contribution in [0, 0.1) is 0 Å². The zero-order chi connectivity index (χ0) is 21.5. The maximum absolute atomic E-state index is 12.4. The summed E-state index contributed by atoms with van der Waals surface area (Å²) in [5.74, 6) is 0.831. The molecule has 1 N–H and O–H groups in total. The minimum Gasteiger partial charge on any atom is -0.496 e. The second-order valence-electron chi connectivity index (χ2n) is 6.47. The molecule has 1 amide bonds. The molecule has 1 heterocycles. The minimum absolute atomic E-state index is 0.175. The fraction of sp³-hybridized carbons (Fsp3) is 0.217. The quantitative estimate of drug-likeness (QED) is 0.525. The molecule has 6 nitrogen and oxygen atoms in total. The first-order chi connectivity index (χ1) is 14.6. The highest BCUT2D eigenvalue weighted by molar-refractivity contribution is 7.08. The number of aryl methyl sites for hydroxylation is 1. The van der Waals surface area contributed by atoms with E-state index in [0.29, 0.717) is 23.4 Å². The van der Waals surface area contributed by atoms with Gasteiger partial charge in [0.05, 0.1) is 32.6 Å². The van der Waals surface area contributed by atoms with Gasteiger partial charge in [0.1, 0.15) is 11.5 Å². The van der Waals surface area contributed by atoms with E-state index in [4.69, 9.17) is 14.2 Å². The van der Waals surface area contributed by atoms with Crippen LogP contribution in [0.5, 0.6) is 11.5 Å². The number of carbonyl (C=O) groups is 2. The smallest absolute Gasteiger partial charge is 0.340 e. The van der Waals surface area contributed by atoms with Gasteiger partial charge in [-0.25, -0.2) is 4.79 Å². The van der Waals surface area contributed by atoms with Crippen molar-refractivity contribution >= 4 is 28.9 Å². The number of hydrogen-bond acceptors (Lipinski definition) is 6. The Kier molecular flexibility index (Phi) is 7.08. The van der Waals surface area contributed by atoms with Gasteiger partial charge in [-0.15, -0.1) is 11.3 Å². The van der Waals surface area contributed by atoms with Gasteiger partial charge in [-0.1, -0.05) is 30.3 Å². The summed E-state index contributed by atoms with van der Waals surface area (Å²) in [6.45, 7) is 0. The van der Waals surface area contributed by atoms with Crippen LogP contribution in [0.3, 0.4) is 0 Å². The van der Waals surface area contributed by atoms with Crippen LogP contribution >= 0.6 is 11.3 Å². The van der Waals surface area contributed by atoms with Gasteiger partial charge in [0.15, 0.2) is 0 Å². The van der Waals surface area contributed by atoms with Crippen LogP contribution in [0.25, 0.3) is 11.1 Å². The largest absolute Gasteiger partial charge is 0.496 e. The number of nitrogens with one attached hydrogen (secondary N) is 1. The third kappa shape index (κ3) is 4.80. The third-order valence-corrected chi connectivity index (χ3v) is 5.39. The fourth-order valence-corrected chi connectivity index (χ4v) is 3.86. The first-order valence-corrected chi connectivity index (χ1v) is 10.3. The molecule has 0 saturated heterocycles. The van der Waals surface area contributed by atoms with Crippen molar-refractivity contribution in [1.82, 2.24) is 0 Å². The van der Waals surface area contributed by atoms with E-state index in [-0.39, 0.29) is 12.3 Å². The lowest BCUT2D eigenvalue weighted by Gasteiger charge is -2.14. The Morgan fingerprint density at radius 3 is 2.40 bits per heavy atom. The number of para-hydroxylation sites is 1. The zero-order valence-electron chi connectivity index (χ0n) is 17.1. The molecule has 3 rings (SSSR count). The van der Waals surface area contributed by atoms with E-state index >= 15 is 0 Å². The number of hydrogen-bond donors (Lipinski definition) is 1. The van der Waals surface area contributed by atoms with Gasteiger partial charge in [0, 0.05) is 28.3 Å². The highest BCUT2D eigenvalue weighted by Gasteiger charge is 2.16. The van der Waals surface area contributed by atoms with Crippen LogP contribution in [0.4, 0.5) is 5.69 Å². The Hall–Kier alpha value is -3.32. The lowest BCUT2D eigenvalue weighted by Crippen LogP contribution is -2.14. The normalized spacial score (nSPS) is 10.4. The van der Waals surface area contributed by atoms with Crippen LogP contribution in [0.1, 0.15) is 22.3 Å². The number of amides is 1. The molecule has 0 saturated carbocycles. The van der Waals surface area contributed by atoms with Crippen LogP contribution in [0.2, 0.25) is 0 Å². The summed E-state index contributed by atoms with van der Waals surface area (Å²) in [5.41, 5.74) is 3.66. The first-order valence-electron chi connectivity index (χ1n) is 9.32. The molecule has 2 aromatic carbocycles. The standard InChI is InChI=1S/C23H23NO5S/c1-27-20-7-5-4-6-16(20)17-10-8-15(12-21(17)28-2)9-11-22(25)24-19-14-30-13-18(19)23(26)29-3/h4-8,10,12-14H,9,11H2,1-3H3,(H,24,25). The Bertz CT molecular complexity index is 1040. The van der Waals surface area contributed by atoms with Crippen molar-refractivity contribution in [3.8, 4) is 22.6 Å². The second-order valence-corrected chi connectivity index (χ2v) is 7.22. The average molecular weight is 426 g/mol. The highest BCUT2D eigenvalue weighted by atomic mass is 32.1. The van der Waals surface area contributed by atoms with Gasteiger partial charge in [0.25, 0.3) is 0 Å². The monoisotopic (exact) mass is 425 g/mol. The number of rotatable bonds is 8. The molecule has 0 fully saturated rings. The van der Waals surface area contributed by atoms with Crippen molar-refractivity contribution in [2.75, 3.05) is 26.6 Å². The summed E-state index contributed by atoms with van der Waals surface area (Å²) in [7, 11) is 4.57. The van der Waals surface area contributed by atoms with Gasteiger partial charge in [-0.05, 0) is 24.1 Å². The van der Waals surface area contributed by atoms with Crippen LogP contribution in [-0.4, -0.2) is 33.2 Å². The Morgan fingerprint density at radius 1 is 0.933 bits per heavy atom. The summed E-state index contributed by atoms with van der Waals surface area (Å²) < 4.78 is 15.8. The van der Waals surface area contributed by atoms with E-state index in [2.05, 4.69) is 5.32 Å². The van der Waals surface area contributed by atoms with E-state index in [1.54, 1.807) is 25.0 Å². The number of benzene rings is 2. The zero-order valence-corrected chi connectivity index (χ0v) is 17.9. The van der Waals surface area contributed by atoms with E-state index in [1.807, 2.05) is 42.5 Å². The van der Waals surface area contributed by atoms with Crippen molar-refractivity contribution in [3.63, 3.8) is 0 Å². The van der Waals surface area contributed by atoms with Gasteiger partial charge in [-0.2, -0.15) is 0 Å². The Morgan fingerprint density at radius 2 is 1.67 bits per heavy atom. The maximum Gasteiger partial charge on any atom is 0.340 e. The molecule has 0 unspecified atom stereocenters. The molecule has 0 bridgehead atoms. The molecular weight excluding hydrogens is 402 g/mol. The molecule has 0 aliphatic rings. The molecular formula is C23H23NO5S. The third-order valence-electron chi connectivity index (χ3n) is 4.65. The predicted molar refractivity (Wildman–Crippen MR) is 118 cm³/mol. The number of esters is 1. The van der Waals surface area contributed by atoms with Gasteiger partial charge >= 0.3 is 5.97 Å². The first kappa shape index (κ1) is 21.4. The summed E-state index contributed by atoms with van der Waals surface area (Å²) in [6, 6.07) is 13.6. The summed E-state index contributed by atoms with van der Waals surface area (Å²) in [4.78, 5) is 24.1. The molecule has 0 spiro atoms. The lowest BCUT2D eigenvalue weighted by molar-refractivity contribution is -0.116. The Labute approximate surface area is 179 Å². The summed E-state index contributed by atoms with van der Waals surface area (Å²) >= 11 is 1.33. The van der Waals surface area contributed by atoms with Crippen molar-refractivity contribution in [3.05, 3.63) is 64.4 Å². The molecule has 7 heteroatoms. The fourth-order valence-electron chi connectivity index (χ4n) is 3.11. The van der Waals surface area contributed by atoms with E-state index in [0.717, 1.165) is 22.4 Å². The summed E-state index contributed by atoms with van der Waals surface area (Å²) in [6.07, 6.45) is 0.805. The van der Waals surface area contributed by atoms with E-state index in [9.17, 15) is 9.59 Å². The predicted octanol–water partition coefficient (Wildman–Crippen LogP) is 4.79. The van der Waals surface area contributed by atoms with Crippen LogP contribution in [0.15, 0.2) is 53.2 Å². The molecule has 30 heavy (non-hydrogen) atoms. The topological polar surface area (TPSA) is 73.9 Å². The molecule has 0 aliphatic carbocycles. The van der Waals surface area contributed by atoms with Crippen molar-refractivity contribution in [2.45, 2.75) is 12.8 Å². The molecule has 0 aliphatic heterocycles. The van der Waals surface area contributed by atoms with Gasteiger partial charge in [0.2, 0.25) is 5.91 Å². The van der Waals surface area contributed by atoms with Gasteiger partial charge < -0.3 is 19.5 Å². The van der Waals surface area contributed by atoms with E-state index < -0.39 is 5.97 Å². The number of thiophene rings is 1. The number of carbonyl (C=O) groups excluding carboxylic acids is 2. The summed E-state index contributed by atoms with van der Waals surface area (Å²) in [5, 5.41) is 6.15. The molecule has 3 aromatic rings. The van der Waals surface area contributed by atoms with Crippen molar-refractivity contribution in [1.29, 1.82) is 0 Å². The van der Waals surface area contributed by atoms with Crippen LogP contribution in [-0.2, 0) is 16.0 Å². The Balaban J connectivity index is 1.70. The van der Waals surface area contributed by atoms with Crippen LogP contribution < -0.4 is 14.8 Å². The molecule has 0 atom stereocenters. The number of anilines is 1. The van der Waals surface area contributed by atoms with Gasteiger partial charge in [-0.3, -0.25) is 4.79 Å². The lowest BCUT2D eigenvalue weighted by atomic mass is 10.00. The molecule has 156 valence electrons. The molecule has 1 aromatic heterocycles. The van der Waals surface area contributed by atoms with Crippen molar-refractivity contribution in [2.24, 2.45) is 0 Å². The minimum atomic E-state index is -0.469.